The zero-order valence-electron chi connectivity index (χ0n) is 10.7. The summed E-state index contributed by atoms with van der Waals surface area (Å²) in [5.74, 6) is 0.417. The zero-order valence-corrected chi connectivity index (χ0v) is 11.5. The third kappa shape index (κ3) is 3.66. The average molecular weight is 283 g/mol. The number of rotatable bonds is 4. The molecule has 0 bridgehead atoms. The van der Waals surface area contributed by atoms with Crippen LogP contribution in [0.2, 0.25) is 0 Å². The number of hydrogen-bond acceptors (Lipinski definition) is 5. The van der Waals surface area contributed by atoms with Crippen molar-refractivity contribution in [1.82, 2.24) is 10.3 Å². The third-order valence-electron chi connectivity index (χ3n) is 3.14. The molecular formula is C12H17N3O3S. The molecule has 2 N–H and O–H groups in total. The second kappa shape index (κ2) is 5.56. The van der Waals surface area contributed by atoms with Gasteiger partial charge in [-0.3, -0.25) is 9.78 Å². The summed E-state index contributed by atoms with van der Waals surface area (Å²) >= 11 is 0. The van der Waals surface area contributed by atoms with Gasteiger partial charge in [-0.15, -0.1) is 0 Å². The summed E-state index contributed by atoms with van der Waals surface area (Å²) in [6, 6.07) is 3.41. The van der Waals surface area contributed by atoms with Gasteiger partial charge in [-0.05, 0) is 24.5 Å². The van der Waals surface area contributed by atoms with Gasteiger partial charge in [-0.1, -0.05) is 0 Å². The van der Waals surface area contributed by atoms with Crippen LogP contribution in [0.1, 0.15) is 16.9 Å². The van der Waals surface area contributed by atoms with Crippen molar-refractivity contribution in [1.29, 1.82) is 0 Å². The second-order valence-corrected chi connectivity index (χ2v) is 6.89. The lowest BCUT2D eigenvalue weighted by molar-refractivity contribution is 0.0958. The summed E-state index contributed by atoms with van der Waals surface area (Å²) in [7, 11) is -1.29. The Kier molecular flexibility index (Phi) is 4.04. The normalized spacial score (nSPS) is 21.0. The maximum absolute atomic E-state index is 11.4. The lowest BCUT2D eigenvalue weighted by Gasteiger charge is -2.11. The van der Waals surface area contributed by atoms with E-state index in [2.05, 4.69) is 15.6 Å². The molecule has 0 aliphatic carbocycles. The molecule has 1 fully saturated rings. The van der Waals surface area contributed by atoms with Crippen molar-refractivity contribution in [2.75, 3.05) is 30.4 Å². The molecule has 2 rings (SSSR count). The SMILES string of the molecule is CNC(=O)c1cc(NCC2CCS(=O)(=O)C2)ccn1. The largest absolute Gasteiger partial charge is 0.385 e. The molecule has 1 aliphatic rings. The molecule has 1 aromatic rings. The van der Waals surface area contributed by atoms with E-state index in [1.54, 1.807) is 25.4 Å². The molecular weight excluding hydrogens is 266 g/mol. The maximum atomic E-state index is 11.4. The molecule has 0 saturated carbocycles. The number of carbonyl (C=O) groups is 1. The fourth-order valence-corrected chi connectivity index (χ4v) is 3.95. The Morgan fingerprint density at radius 1 is 1.53 bits per heavy atom. The Balaban J connectivity index is 1.95. The topological polar surface area (TPSA) is 88.2 Å². The lowest BCUT2D eigenvalue weighted by atomic mass is 10.1. The van der Waals surface area contributed by atoms with Crippen LogP contribution in [-0.2, 0) is 9.84 Å². The van der Waals surface area contributed by atoms with Crippen LogP contribution in [0.25, 0.3) is 0 Å². The summed E-state index contributed by atoms with van der Waals surface area (Å²) in [5.41, 5.74) is 1.12. The first kappa shape index (κ1) is 13.8. The Morgan fingerprint density at radius 3 is 2.95 bits per heavy atom. The summed E-state index contributed by atoms with van der Waals surface area (Å²) in [6.45, 7) is 0.594. The Hall–Kier alpha value is -1.63. The molecule has 1 unspecified atom stereocenters. The van der Waals surface area contributed by atoms with Gasteiger partial charge in [0, 0.05) is 25.5 Å². The highest BCUT2D eigenvalue weighted by molar-refractivity contribution is 7.91. The summed E-state index contributed by atoms with van der Waals surface area (Å²) < 4.78 is 22.7. The molecule has 1 saturated heterocycles. The summed E-state index contributed by atoms with van der Waals surface area (Å²) in [4.78, 5) is 15.4. The van der Waals surface area contributed by atoms with Crippen molar-refractivity contribution in [3.8, 4) is 0 Å². The van der Waals surface area contributed by atoms with Crippen molar-refractivity contribution in [2.24, 2.45) is 5.92 Å². The van der Waals surface area contributed by atoms with Crippen molar-refractivity contribution in [3.05, 3.63) is 24.0 Å². The first-order chi connectivity index (χ1) is 9.00. The second-order valence-electron chi connectivity index (χ2n) is 4.66. The highest BCUT2D eigenvalue weighted by Gasteiger charge is 2.27. The minimum atomic E-state index is -2.84. The van der Waals surface area contributed by atoms with Gasteiger partial charge < -0.3 is 10.6 Å². The van der Waals surface area contributed by atoms with E-state index >= 15 is 0 Å². The highest BCUT2D eigenvalue weighted by Crippen LogP contribution is 2.19. The molecule has 19 heavy (non-hydrogen) atoms. The number of nitrogens with one attached hydrogen (secondary N) is 2. The summed E-state index contributed by atoms with van der Waals surface area (Å²) in [6.07, 6.45) is 2.25. The molecule has 1 amide bonds. The Morgan fingerprint density at radius 2 is 2.32 bits per heavy atom. The van der Waals surface area contributed by atoms with Crippen molar-refractivity contribution in [2.45, 2.75) is 6.42 Å². The van der Waals surface area contributed by atoms with E-state index in [-0.39, 0.29) is 23.3 Å². The summed E-state index contributed by atoms with van der Waals surface area (Å²) in [5, 5.41) is 5.67. The van der Waals surface area contributed by atoms with Gasteiger partial charge in [0.1, 0.15) is 5.69 Å². The highest BCUT2D eigenvalue weighted by atomic mass is 32.2. The number of amides is 1. The van der Waals surface area contributed by atoms with Gasteiger partial charge in [0.15, 0.2) is 9.84 Å². The van der Waals surface area contributed by atoms with Gasteiger partial charge in [-0.2, -0.15) is 0 Å². The van der Waals surface area contributed by atoms with Gasteiger partial charge in [0.25, 0.3) is 5.91 Å². The fraction of sp³-hybridized carbons (Fsp3) is 0.500. The van der Waals surface area contributed by atoms with Crippen LogP contribution in [-0.4, -0.2) is 44.4 Å². The molecule has 1 aliphatic heterocycles. The van der Waals surface area contributed by atoms with Crippen molar-refractivity contribution in [3.63, 3.8) is 0 Å². The number of aromatic nitrogens is 1. The van der Waals surface area contributed by atoms with Crippen LogP contribution in [0.3, 0.4) is 0 Å². The van der Waals surface area contributed by atoms with Crippen LogP contribution in [0.15, 0.2) is 18.3 Å². The number of anilines is 1. The van der Waals surface area contributed by atoms with Crippen LogP contribution in [0, 0.1) is 5.92 Å². The van der Waals surface area contributed by atoms with Gasteiger partial charge in [0.2, 0.25) is 0 Å². The minimum Gasteiger partial charge on any atom is -0.385 e. The monoisotopic (exact) mass is 283 g/mol. The quantitative estimate of drug-likeness (QED) is 0.829. The number of sulfone groups is 1. The standard InChI is InChI=1S/C12H17N3O3S/c1-13-12(16)11-6-10(2-4-14-11)15-7-9-3-5-19(17,18)8-9/h2,4,6,9H,3,5,7-8H2,1H3,(H,13,16)(H,14,15). The lowest BCUT2D eigenvalue weighted by Crippen LogP contribution is -2.20. The van der Waals surface area contributed by atoms with E-state index in [0.717, 1.165) is 5.69 Å². The average Bonchev–Trinajstić information content (AvgIpc) is 2.75. The molecule has 0 radical (unpaired) electrons. The zero-order chi connectivity index (χ0) is 13.9. The van der Waals surface area contributed by atoms with E-state index in [1.807, 2.05) is 0 Å². The number of pyridine rings is 1. The van der Waals surface area contributed by atoms with E-state index in [0.29, 0.717) is 18.7 Å². The van der Waals surface area contributed by atoms with E-state index in [4.69, 9.17) is 0 Å². The van der Waals surface area contributed by atoms with E-state index in [9.17, 15) is 13.2 Å². The molecule has 0 aromatic carbocycles. The predicted molar refractivity (Wildman–Crippen MR) is 72.9 cm³/mol. The Labute approximate surface area is 112 Å². The molecule has 7 heteroatoms. The molecule has 2 heterocycles. The molecule has 1 aromatic heterocycles. The molecule has 6 nitrogen and oxygen atoms in total. The van der Waals surface area contributed by atoms with Crippen molar-refractivity contribution < 1.29 is 13.2 Å². The van der Waals surface area contributed by atoms with Crippen LogP contribution in [0.4, 0.5) is 5.69 Å². The number of hydrogen-bond donors (Lipinski definition) is 2. The minimum absolute atomic E-state index is 0.140. The molecule has 104 valence electrons. The third-order valence-corrected chi connectivity index (χ3v) is 4.98. The predicted octanol–water partition coefficient (Wildman–Crippen LogP) is 0.288. The maximum Gasteiger partial charge on any atom is 0.269 e. The molecule has 0 spiro atoms. The first-order valence-corrected chi connectivity index (χ1v) is 7.95. The fourth-order valence-electron chi connectivity index (χ4n) is 2.09. The van der Waals surface area contributed by atoms with E-state index in [1.165, 1.54) is 0 Å². The van der Waals surface area contributed by atoms with Gasteiger partial charge in [0.05, 0.1) is 11.5 Å². The van der Waals surface area contributed by atoms with Gasteiger partial charge in [-0.25, -0.2) is 8.42 Å². The van der Waals surface area contributed by atoms with Crippen LogP contribution >= 0.6 is 0 Å². The molecule has 1 atom stereocenters. The van der Waals surface area contributed by atoms with E-state index < -0.39 is 9.84 Å². The number of carbonyl (C=O) groups excluding carboxylic acids is 1. The van der Waals surface area contributed by atoms with Crippen LogP contribution < -0.4 is 10.6 Å². The van der Waals surface area contributed by atoms with Crippen molar-refractivity contribution >= 4 is 21.4 Å². The van der Waals surface area contributed by atoms with Gasteiger partial charge >= 0.3 is 0 Å². The first-order valence-electron chi connectivity index (χ1n) is 6.12. The Bertz CT molecular complexity index is 571. The smallest absolute Gasteiger partial charge is 0.269 e. The number of nitrogens with zero attached hydrogens (tertiary/aromatic N) is 1. The van der Waals surface area contributed by atoms with Crippen LogP contribution in [0.5, 0.6) is 0 Å².